The van der Waals surface area contributed by atoms with E-state index in [0.29, 0.717) is 13.2 Å². The summed E-state index contributed by atoms with van der Waals surface area (Å²) in [5.41, 5.74) is 1.18. The summed E-state index contributed by atoms with van der Waals surface area (Å²) in [6.45, 7) is 2.79. The molecule has 4 nitrogen and oxygen atoms in total. The summed E-state index contributed by atoms with van der Waals surface area (Å²) in [6.07, 6.45) is 2.48. The maximum atomic E-state index is 11.9. The first-order valence-electron chi connectivity index (χ1n) is 7.01. The lowest BCUT2D eigenvalue weighted by atomic mass is 9.83. The highest BCUT2D eigenvalue weighted by Crippen LogP contribution is 2.41. The molecule has 1 aromatic rings. The molecule has 0 unspecified atom stereocenters. The predicted molar refractivity (Wildman–Crippen MR) is 72.8 cm³/mol. The van der Waals surface area contributed by atoms with E-state index < -0.39 is 5.97 Å². The topological polar surface area (TPSA) is 44.8 Å². The Hall–Kier alpha value is -1.81. The number of carbonyl (C=O) groups is 1. The van der Waals surface area contributed by atoms with Crippen LogP contribution in [0.5, 0.6) is 0 Å². The molecule has 1 fully saturated rings. The zero-order valence-corrected chi connectivity index (χ0v) is 11.5. The minimum atomic E-state index is -0.414. The Morgan fingerprint density at radius 3 is 2.90 bits per heavy atom. The van der Waals surface area contributed by atoms with Gasteiger partial charge < -0.3 is 14.2 Å². The third kappa shape index (κ3) is 2.43. The number of hydrogen-bond acceptors (Lipinski definition) is 4. The van der Waals surface area contributed by atoms with Crippen LogP contribution in [0.15, 0.2) is 42.2 Å². The summed E-state index contributed by atoms with van der Waals surface area (Å²) in [7, 11) is 0. The van der Waals surface area contributed by atoms with Crippen molar-refractivity contribution in [1.82, 2.24) is 0 Å². The summed E-state index contributed by atoms with van der Waals surface area (Å²) in [4.78, 5) is 11.9. The van der Waals surface area contributed by atoms with Gasteiger partial charge in [0.1, 0.15) is 0 Å². The monoisotopic (exact) mass is 274 g/mol. The van der Waals surface area contributed by atoms with Gasteiger partial charge in [0.15, 0.2) is 0 Å². The number of benzene rings is 1. The van der Waals surface area contributed by atoms with Crippen molar-refractivity contribution in [1.29, 1.82) is 0 Å². The van der Waals surface area contributed by atoms with Gasteiger partial charge in [-0.3, -0.25) is 0 Å². The molecule has 0 aliphatic carbocycles. The summed E-state index contributed by atoms with van der Waals surface area (Å²) in [5, 5.41) is 0. The van der Waals surface area contributed by atoms with Crippen molar-refractivity contribution < 1.29 is 19.0 Å². The van der Waals surface area contributed by atoms with Crippen molar-refractivity contribution in [2.45, 2.75) is 25.6 Å². The lowest BCUT2D eigenvalue weighted by Gasteiger charge is -2.31. The lowest BCUT2D eigenvalue weighted by Crippen LogP contribution is -2.31. The SMILES string of the molecule is CCOC(=O)C1=C[C@H](c2ccccc2)[C@@H]2CCO[C@@H]2O1. The van der Waals surface area contributed by atoms with E-state index in [2.05, 4.69) is 12.1 Å². The molecule has 3 rings (SSSR count). The maximum Gasteiger partial charge on any atom is 0.373 e. The van der Waals surface area contributed by atoms with E-state index in [1.807, 2.05) is 24.3 Å². The van der Waals surface area contributed by atoms with E-state index in [0.717, 1.165) is 6.42 Å². The Kier molecular flexibility index (Phi) is 3.74. The van der Waals surface area contributed by atoms with Crippen molar-refractivity contribution in [2.75, 3.05) is 13.2 Å². The smallest absolute Gasteiger partial charge is 0.373 e. The maximum absolute atomic E-state index is 11.9. The van der Waals surface area contributed by atoms with Crippen LogP contribution in [0.4, 0.5) is 0 Å². The lowest BCUT2D eigenvalue weighted by molar-refractivity contribution is -0.157. The van der Waals surface area contributed by atoms with Crippen LogP contribution in [-0.2, 0) is 19.0 Å². The zero-order chi connectivity index (χ0) is 13.9. The molecule has 2 heterocycles. The van der Waals surface area contributed by atoms with E-state index in [1.54, 1.807) is 6.92 Å². The van der Waals surface area contributed by atoms with Crippen LogP contribution in [-0.4, -0.2) is 25.5 Å². The first-order valence-corrected chi connectivity index (χ1v) is 7.01. The van der Waals surface area contributed by atoms with Crippen LogP contribution in [0.25, 0.3) is 0 Å². The molecule has 20 heavy (non-hydrogen) atoms. The molecule has 2 aliphatic heterocycles. The Morgan fingerprint density at radius 1 is 1.35 bits per heavy atom. The van der Waals surface area contributed by atoms with Crippen molar-refractivity contribution in [3.05, 3.63) is 47.7 Å². The highest BCUT2D eigenvalue weighted by Gasteiger charge is 2.41. The average molecular weight is 274 g/mol. The number of ether oxygens (including phenoxy) is 3. The molecule has 1 saturated heterocycles. The molecular weight excluding hydrogens is 256 g/mol. The average Bonchev–Trinajstić information content (AvgIpc) is 2.95. The second-order valence-corrected chi connectivity index (χ2v) is 5.00. The van der Waals surface area contributed by atoms with Gasteiger partial charge in [0.25, 0.3) is 0 Å². The van der Waals surface area contributed by atoms with Crippen molar-refractivity contribution in [2.24, 2.45) is 5.92 Å². The van der Waals surface area contributed by atoms with Gasteiger partial charge in [-0.05, 0) is 25.0 Å². The third-order valence-electron chi connectivity index (χ3n) is 3.78. The predicted octanol–water partition coefficient (Wildman–Crippen LogP) is 2.61. The van der Waals surface area contributed by atoms with E-state index in [9.17, 15) is 4.79 Å². The van der Waals surface area contributed by atoms with E-state index in [4.69, 9.17) is 14.2 Å². The number of allylic oxidation sites excluding steroid dienone is 1. The molecule has 3 atom stereocenters. The molecule has 0 saturated carbocycles. The summed E-state index contributed by atoms with van der Waals surface area (Å²) >= 11 is 0. The van der Waals surface area contributed by atoms with Gasteiger partial charge >= 0.3 is 5.97 Å². The minimum absolute atomic E-state index is 0.136. The van der Waals surface area contributed by atoms with E-state index >= 15 is 0 Å². The number of fused-ring (bicyclic) bond motifs is 1. The van der Waals surface area contributed by atoms with Crippen LogP contribution >= 0.6 is 0 Å². The number of hydrogen-bond donors (Lipinski definition) is 0. The van der Waals surface area contributed by atoms with Crippen molar-refractivity contribution in [3.8, 4) is 0 Å². The van der Waals surface area contributed by atoms with Gasteiger partial charge in [-0.2, -0.15) is 0 Å². The molecule has 0 spiro atoms. The van der Waals surface area contributed by atoms with E-state index in [1.165, 1.54) is 5.56 Å². The van der Waals surface area contributed by atoms with Gasteiger partial charge in [0.05, 0.1) is 13.2 Å². The van der Waals surface area contributed by atoms with Crippen LogP contribution in [0.2, 0.25) is 0 Å². The van der Waals surface area contributed by atoms with Gasteiger partial charge in [-0.25, -0.2) is 4.79 Å². The van der Waals surface area contributed by atoms with Crippen LogP contribution in [0, 0.1) is 5.92 Å². The first kappa shape index (κ1) is 13.2. The zero-order valence-electron chi connectivity index (χ0n) is 11.5. The fraction of sp³-hybridized carbons (Fsp3) is 0.438. The molecule has 0 aromatic heterocycles. The molecule has 1 aromatic carbocycles. The normalized spacial score (nSPS) is 28.2. The molecule has 0 N–H and O–H groups in total. The number of esters is 1. The van der Waals surface area contributed by atoms with Crippen molar-refractivity contribution in [3.63, 3.8) is 0 Å². The second kappa shape index (κ2) is 5.67. The molecule has 0 radical (unpaired) electrons. The summed E-state index contributed by atoms with van der Waals surface area (Å²) in [5.74, 6) is 0.249. The molecule has 106 valence electrons. The molecular formula is C16H18O4. The number of rotatable bonds is 3. The Bertz CT molecular complexity index is 508. The highest BCUT2D eigenvalue weighted by atomic mass is 16.7. The largest absolute Gasteiger partial charge is 0.460 e. The molecule has 0 bridgehead atoms. The molecule has 0 amide bonds. The van der Waals surface area contributed by atoms with Crippen LogP contribution in [0.3, 0.4) is 0 Å². The molecule has 4 heteroatoms. The van der Waals surface area contributed by atoms with Gasteiger partial charge in [0.2, 0.25) is 12.0 Å². The molecule has 2 aliphatic rings. The van der Waals surface area contributed by atoms with E-state index in [-0.39, 0.29) is 23.9 Å². The second-order valence-electron chi connectivity index (χ2n) is 5.00. The highest BCUT2D eigenvalue weighted by molar-refractivity contribution is 5.86. The Labute approximate surface area is 118 Å². The van der Waals surface area contributed by atoms with Crippen LogP contribution < -0.4 is 0 Å². The summed E-state index contributed by atoms with van der Waals surface area (Å²) in [6, 6.07) is 10.2. The van der Waals surface area contributed by atoms with Gasteiger partial charge in [-0.15, -0.1) is 0 Å². The fourth-order valence-corrected chi connectivity index (χ4v) is 2.84. The summed E-state index contributed by atoms with van der Waals surface area (Å²) < 4.78 is 16.3. The minimum Gasteiger partial charge on any atom is -0.460 e. The Morgan fingerprint density at radius 2 is 2.15 bits per heavy atom. The van der Waals surface area contributed by atoms with Gasteiger partial charge in [0, 0.05) is 11.8 Å². The Balaban J connectivity index is 1.92. The quantitative estimate of drug-likeness (QED) is 0.795. The van der Waals surface area contributed by atoms with Gasteiger partial charge in [-0.1, -0.05) is 30.3 Å². The van der Waals surface area contributed by atoms with Crippen molar-refractivity contribution >= 4 is 5.97 Å². The standard InChI is InChI=1S/C16H18O4/c1-2-18-15(17)14-10-13(11-6-4-3-5-7-11)12-8-9-19-16(12)20-14/h3-7,10,12-13,16H,2,8-9H2,1H3/t12-,13+,16+/m0/s1. The number of carbonyl (C=O) groups excluding carboxylic acids is 1. The van der Waals surface area contributed by atoms with Crippen LogP contribution in [0.1, 0.15) is 24.8 Å². The first-order chi connectivity index (χ1) is 9.79. The third-order valence-corrected chi connectivity index (χ3v) is 3.78. The fourth-order valence-electron chi connectivity index (χ4n) is 2.84.